The fraction of sp³-hybridized carbons (Fsp3) is 0.435. The lowest BCUT2D eigenvalue weighted by molar-refractivity contribution is -0.121. The number of amides is 1. The zero-order valence-corrected chi connectivity index (χ0v) is 17.3. The Hall–Kier alpha value is -2.73. The number of nitrogens with zero attached hydrogens (tertiary/aromatic N) is 4. The molecule has 1 saturated heterocycles. The van der Waals surface area contributed by atoms with E-state index in [-0.39, 0.29) is 11.8 Å². The first kappa shape index (κ1) is 19.6. The van der Waals surface area contributed by atoms with E-state index in [2.05, 4.69) is 45.4 Å². The van der Waals surface area contributed by atoms with Crippen molar-refractivity contribution in [2.45, 2.75) is 32.6 Å². The van der Waals surface area contributed by atoms with Gasteiger partial charge in [-0.05, 0) is 62.0 Å². The predicted molar refractivity (Wildman–Crippen MR) is 117 cm³/mol. The molecule has 0 unspecified atom stereocenters. The Morgan fingerprint density at radius 3 is 2.69 bits per heavy atom. The first-order valence-electron chi connectivity index (χ1n) is 10.5. The summed E-state index contributed by atoms with van der Waals surface area (Å²) in [6, 6.07) is 8.22. The number of carbonyl (C=O) groups excluding carboxylic acids is 1. The van der Waals surface area contributed by atoms with Gasteiger partial charge in [-0.3, -0.25) is 9.48 Å². The van der Waals surface area contributed by atoms with Crippen LogP contribution in [0, 0.1) is 5.92 Å². The van der Waals surface area contributed by atoms with Crippen LogP contribution >= 0.6 is 0 Å². The molecule has 6 heteroatoms. The number of rotatable bonds is 6. The molecule has 1 N–H and O–H groups in total. The number of hydrogen-bond donors (Lipinski definition) is 1. The SMILES string of the molecule is CCCCN1CCC(C(=O)Nc2cc3cc(-c4cnn(C)c4)ccc3cn2)CC1. The van der Waals surface area contributed by atoms with Gasteiger partial charge < -0.3 is 10.2 Å². The zero-order chi connectivity index (χ0) is 20.2. The monoisotopic (exact) mass is 391 g/mol. The van der Waals surface area contributed by atoms with Crippen molar-refractivity contribution in [1.82, 2.24) is 19.7 Å². The summed E-state index contributed by atoms with van der Waals surface area (Å²) < 4.78 is 1.80. The minimum absolute atomic E-state index is 0.0760. The molecule has 0 saturated carbocycles. The topological polar surface area (TPSA) is 63.1 Å². The van der Waals surface area contributed by atoms with Gasteiger partial charge in [0.05, 0.1) is 6.20 Å². The Labute approximate surface area is 171 Å². The summed E-state index contributed by atoms with van der Waals surface area (Å²) in [5.41, 5.74) is 2.18. The van der Waals surface area contributed by atoms with E-state index < -0.39 is 0 Å². The normalized spacial score (nSPS) is 15.7. The van der Waals surface area contributed by atoms with Crippen molar-refractivity contribution in [2.75, 3.05) is 25.0 Å². The largest absolute Gasteiger partial charge is 0.310 e. The van der Waals surface area contributed by atoms with Crippen LogP contribution in [0.1, 0.15) is 32.6 Å². The third-order valence-corrected chi connectivity index (χ3v) is 5.80. The van der Waals surface area contributed by atoms with Crippen LogP contribution in [0.15, 0.2) is 42.9 Å². The van der Waals surface area contributed by atoms with E-state index in [0.29, 0.717) is 5.82 Å². The molecule has 1 aromatic carbocycles. The van der Waals surface area contributed by atoms with Gasteiger partial charge in [0.2, 0.25) is 5.91 Å². The van der Waals surface area contributed by atoms with Crippen molar-refractivity contribution in [3.05, 3.63) is 42.9 Å². The molecule has 1 aliphatic rings. The molecule has 0 bridgehead atoms. The van der Waals surface area contributed by atoms with E-state index in [0.717, 1.165) is 54.4 Å². The molecule has 3 heterocycles. The summed E-state index contributed by atoms with van der Waals surface area (Å²) in [7, 11) is 1.91. The Kier molecular flexibility index (Phi) is 5.90. The number of hydrogen-bond acceptors (Lipinski definition) is 4. The molecule has 1 aliphatic heterocycles. The molecule has 6 nitrogen and oxygen atoms in total. The Balaban J connectivity index is 1.43. The maximum Gasteiger partial charge on any atom is 0.228 e. The first-order valence-corrected chi connectivity index (χ1v) is 10.5. The third kappa shape index (κ3) is 4.65. The van der Waals surface area contributed by atoms with E-state index in [1.165, 1.54) is 12.8 Å². The quantitative estimate of drug-likeness (QED) is 0.688. The van der Waals surface area contributed by atoms with Gasteiger partial charge in [0.25, 0.3) is 0 Å². The number of likely N-dealkylation sites (tertiary alicyclic amines) is 1. The average molecular weight is 392 g/mol. The smallest absolute Gasteiger partial charge is 0.228 e. The van der Waals surface area contributed by atoms with E-state index in [9.17, 15) is 4.79 Å². The minimum atomic E-state index is 0.0760. The van der Waals surface area contributed by atoms with Crippen molar-refractivity contribution in [2.24, 2.45) is 13.0 Å². The molecule has 1 amide bonds. The van der Waals surface area contributed by atoms with Crippen molar-refractivity contribution < 1.29 is 4.79 Å². The molecule has 29 heavy (non-hydrogen) atoms. The van der Waals surface area contributed by atoms with Gasteiger partial charge in [0.1, 0.15) is 5.82 Å². The van der Waals surface area contributed by atoms with E-state index in [4.69, 9.17) is 0 Å². The fourth-order valence-corrected chi connectivity index (χ4v) is 3.99. The molecular weight excluding hydrogens is 362 g/mol. The third-order valence-electron chi connectivity index (χ3n) is 5.80. The molecule has 0 atom stereocenters. The van der Waals surface area contributed by atoms with Gasteiger partial charge >= 0.3 is 0 Å². The second kappa shape index (κ2) is 8.74. The number of benzene rings is 1. The van der Waals surface area contributed by atoms with Crippen LogP contribution in [-0.4, -0.2) is 45.2 Å². The predicted octanol–water partition coefficient (Wildman–Crippen LogP) is 4.09. The van der Waals surface area contributed by atoms with Crippen LogP contribution < -0.4 is 5.32 Å². The molecule has 0 aliphatic carbocycles. The van der Waals surface area contributed by atoms with Crippen LogP contribution in [0.3, 0.4) is 0 Å². The molecule has 2 aromatic heterocycles. The minimum Gasteiger partial charge on any atom is -0.310 e. The lowest BCUT2D eigenvalue weighted by atomic mass is 9.95. The summed E-state index contributed by atoms with van der Waals surface area (Å²) in [5, 5.41) is 9.40. The summed E-state index contributed by atoms with van der Waals surface area (Å²) in [6.07, 6.45) is 9.99. The van der Waals surface area contributed by atoms with Gasteiger partial charge in [-0.2, -0.15) is 5.10 Å². The number of carbonyl (C=O) groups is 1. The molecular formula is C23H29N5O. The Bertz CT molecular complexity index is 988. The second-order valence-electron chi connectivity index (χ2n) is 7.99. The first-order chi connectivity index (χ1) is 14.1. The maximum atomic E-state index is 12.7. The second-order valence-corrected chi connectivity index (χ2v) is 7.99. The van der Waals surface area contributed by atoms with Crippen LogP contribution in [0.25, 0.3) is 21.9 Å². The molecule has 4 rings (SSSR count). The standard InChI is InChI=1S/C23H29N5O/c1-3-4-9-28-10-7-17(8-11-28)23(29)26-22-13-20-12-18(5-6-19(20)14-24-22)21-15-25-27(2)16-21/h5-6,12-17H,3-4,7-11H2,1-2H3,(H,24,26,29). The van der Waals surface area contributed by atoms with Crippen molar-refractivity contribution in [1.29, 1.82) is 0 Å². The van der Waals surface area contributed by atoms with Crippen molar-refractivity contribution in [3.8, 4) is 11.1 Å². The van der Waals surface area contributed by atoms with Crippen molar-refractivity contribution >= 4 is 22.5 Å². The lowest BCUT2D eigenvalue weighted by Gasteiger charge is -2.31. The highest BCUT2D eigenvalue weighted by Gasteiger charge is 2.24. The zero-order valence-electron chi connectivity index (χ0n) is 17.3. The highest BCUT2D eigenvalue weighted by Crippen LogP contribution is 2.26. The van der Waals surface area contributed by atoms with Gasteiger partial charge in [0.15, 0.2) is 0 Å². The number of fused-ring (bicyclic) bond motifs is 1. The van der Waals surface area contributed by atoms with E-state index >= 15 is 0 Å². The summed E-state index contributed by atoms with van der Waals surface area (Å²) in [4.78, 5) is 19.7. The number of aryl methyl sites for hydroxylation is 1. The summed E-state index contributed by atoms with van der Waals surface area (Å²) in [6.45, 7) is 5.39. The summed E-state index contributed by atoms with van der Waals surface area (Å²) in [5.74, 6) is 0.793. The molecule has 0 spiro atoms. The highest BCUT2D eigenvalue weighted by molar-refractivity contribution is 5.95. The molecule has 152 valence electrons. The Morgan fingerprint density at radius 1 is 1.14 bits per heavy atom. The number of pyridine rings is 1. The molecule has 0 radical (unpaired) electrons. The van der Waals surface area contributed by atoms with Crippen LogP contribution in [0.5, 0.6) is 0 Å². The number of anilines is 1. The number of piperidine rings is 1. The van der Waals surface area contributed by atoms with Gasteiger partial charge in [-0.15, -0.1) is 0 Å². The number of aromatic nitrogens is 3. The van der Waals surface area contributed by atoms with Crippen LogP contribution in [0.2, 0.25) is 0 Å². The average Bonchev–Trinajstić information content (AvgIpc) is 3.18. The Morgan fingerprint density at radius 2 is 1.97 bits per heavy atom. The molecule has 3 aromatic rings. The number of unbranched alkanes of at least 4 members (excludes halogenated alkanes) is 1. The van der Waals surface area contributed by atoms with Gasteiger partial charge in [0, 0.05) is 36.3 Å². The fourth-order valence-electron chi connectivity index (χ4n) is 3.99. The highest BCUT2D eigenvalue weighted by atomic mass is 16.1. The van der Waals surface area contributed by atoms with Gasteiger partial charge in [-0.25, -0.2) is 4.98 Å². The maximum absolute atomic E-state index is 12.7. The van der Waals surface area contributed by atoms with Crippen molar-refractivity contribution in [3.63, 3.8) is 0 Å². The number of nitrogens with one attached hydrogen (secondary N) is 1. The van der Waals surface area contributed by atoms with Crippen LogP contribution in [0.4, 0.5) is 5.82 Å². The summed E-state index contributed by atoms with van der Waals surface area (Å²) >= 11 is 0. The lowest BCUT2D eigenvalue weighted by Crippen LogP contribution is -2.38. The van der Waals surface area contributed by atoms with E-state index in [1.54, 1.807) is 4.68 Å². The molecule has 1 fully saturated rings. The van der Waals surface area contributed by atoms with Gasteiger partial charge in [-0.1, -0.05) is 25.5 Å². The van der Waals surface area contributed by atoms with Crippen LogP contribution in [-0.2, 0) is 11.8 Å². The van der Waals surface area contributed by atoms with E-state index in [1.807, 2.05) is 31.7 Å².